The second-order valence-electron chi connectivity index (χ2n) is 7.75. The summed E-state index contributed by atoms with van der Waals surface area (Å²) < 4.78 is 0. The smallest absolute Gasteiger partial charge is 0.0244 e. The van der Waals surface area contributed by atoms with Gasteiger partial charge in [0.2, 0.25) is 0 Å². The van der Waals surface area contributed by atoms with Crippen LogP contribution in [0, 0.1) is 35.5 Å². The van der Waals surface area contributed by atoms with E-state index in [0.29, 0.717) is 6.04 Å². The highest BCUT2D eigenvalue weighted by atomic mass is 15.2. The molecule has 0 spiro atoms. The lowest BCUT2D eigenvalue weighted by molar-refractivity contribution is -0.0535. The van der Waals surface area contributed by atoms with E-state index in [4.69, 9.17) is 5.84 Å². The standard InChI is InChI=1S/C16H30N2/c1-10(2)3-4-15(18-17)16-13-6-11-5-12(8-13)9-14(16)7-11/h10-16,18H,3-9,17H2,1-2H3. The zero-order valence-electron chi connectivity index (χ0n) is 12.1. The van der Waals surface area contributed by atoms with Gasteiger partial charge in [-0.15, -0.1) is 0 Å². The van der Waals surface area contributed by atoms with Gasteiger partial charge in [-0.2, -0.15) is 0 Å². The molecule has 4 aliphatic rings. The van der Waals surface area contributed by atoms with Crippen LogP contribution in [0.5, 0.6) is 0 Å². The van der Waals surface area contributed by atoms with Gasteiger partial charge < -0.3 is 0 Å². The Kier molecular flexibility index (Phi) is 3.68. The molecule has 3 N–H and O–H groups in total. The molecule has 0 amide bonds. The number of nitrogens with one attached hydrogen (secondary N) is 1. The Morgan fingerprint density at radius 2 is 1.50 bits per heavy atom. The maximum atomic E-state index is 5.89. The van der Waals surface area contributed by atoms with E-state index in [9.17, 15) is 0 Å². The van der Waals surface area contributed by atoms with Crippen LogP contribution in [-0.2, 0) is 0 Å². The first-order valence-electron chi connectivity index (χ1n) is 8.13. The first-order valence-corrected chi connectivity index (χ1v) is 8.13. The van der Waals surface area contributed by atoms with Gasteiger partial charge in [0.1, 0.15) is 0 Å². The summed E-state index contributed by atoms with van der Waals surface area (Å²) in [5.41, 5.74) is 3.19. The van der Waals surface area contributed by atoms with Crippen molar-refractivity contribution in [3.63, 3.8) is 0 Å². The molecular weight excluding hydrogens is 220 g/mol. The molecule has 104 valence electrons. The predicted molar refractivity (Wildman–Crippen MR) is 75.7 cm³/mol. The quantitative estimate of drug-likeness (QED) is 0.580. The second-order valence-corrected chi connectivity index (χ2v) is 7.75. The van der Waals surface area contributed by atoms with Crippen LogP contribution < -0.4 is 11.3 Å². The van der Waals surface area contributed by atoms with Gasteiger partial charge in [0.15, 0.2) is 0 Å². The number of hydrazine groups is 1. The highest BCUT2D eigenvalue weighted by Crippen LogP contribution is 2.57. The van der Waals surface area contributed by atoms with E-state index in [2.05, 4.69) is 19.3 Å². The number of hydrogen-bond donors (Lipinski definition) is 2. The molecule has 4 bridgehead atoms. The first-order chi connectivity index (χ1) is 8.67. The van der Waals surface area contributed by atoms with Gasteiger partial charge in [0.05, 0.1) is 0 Å². The second kappa shape index (κ2) is 5.13. The SMILES string of the molecule is CC(C)CCC(NN)C1C2CC3CC(C2)CC1C3. The molecule has 1 unspecified atom stereocenters. The van der Waals surface area contributed by atoms with Gasteiger partial charge >= 0.3 is 0 Å². The van der Waals surface area contributed by atoms with Crippen molar-refractivity contribution in [1.29, 1.82) is 0 Å². The summed E-state index contributed by atoms with van der Waals surface area (Å²) in [6.07, 6.45) is 10.2. The molecule has 4 saturated carbocycles. The Balaban J connectivity index is 1.67. The largest absolute Gasteiger partial charge is 0.271 e. The number of hydrogen-bond acceptors (Lipinski definition) is 2. The van der Waals surface area contributed by atoms with Crippen LogP contribution in [0.3, 0.4) is 0 Å². The number of nitrogens with two attached hydrogens (primary N) is 1. The van der Waals surface area contributed by atoms with E-state index < -0.39 is 0 Å². The predicted octanol–water partition coefficient (Wildman–Crippen LogP) is 3.33. The van der Waals surface area contributed by atoms with E-state index in [0.717, 1.165) is 35.5 Å². The Bertz CT molecular complexity index is 259. The summed E-state index contributed by atoms with van der Waals surface area (Å²) in [5.74, 6) is 11.7. The summed E-state index contributed by atoms with van der Waals surface area (Å²) in [6.45, 7) is 4.65. The molecule has 0 heterocycles. The van der Waals surface area contributed by atoms with Crippen molar-refractivity contribution in [3.8, 4) is 0 Å². The van der Waals surface area contributed by atoms with Crippen molar-refractivity contribution in [2.45, 2.75) is 64.8 Å². The molecule has 4 aliphatic carbocycles. The van der Waals surface area contributed by atoms with Crippen LogP contribution >= 0.6 is 0 Å². The van der Waals surface area contributed by atoms with Gasteiger partial charge in [0.25, 0.3) is 0 Å². The van der Waals surface area contributed by atoms with Gasteiger partial charge in [-0.05, 0) is 80.5 Å². The van der Waals surface area contributed by atoms with Crippen LogP contribution in [0.15, 0.2) is 0 Å². The fraction of sp³-hybridized carbons (Fsp3) is 1.00. The molecule has 0 radical (unpaired) electrons. The minimum atomic E-state index is 0.586. The fourth-order valence-electron chi connectivity index (χ4n) is 5.52. The zero-order chi connectivity index (χ0) is 12.7. The molecule has 0 aromatic rings. The molecule has 2 heteroatoms. The summed E-state index contributed by atoms with van der Waals surface area (Å²) >= 11 is 0. The van der Waals surface area contributed by atoms with Crippen molar-refractivity contribution >= 4 is 0 Å². The van der Waals surface area contributed by atoms with Crippen LogP contribution in [0.4, 0.5) is 0 Å². The topological polar surface area (TPSA) is 38.0 Å². The van der Waals surface area contributed by atoms with Gasteiger partial charge in [0, 0.05) is 6.04 Å². The molecule has 4 fully saturated rings. The monoisotopic (exact) mass is 250 g/mol. The highest BCUT2D eigenvalue weighted by Gasteiger charge is 2.50. The Morgan fingerprint density at radius 1 is 0.944 bits per heavy atom. The average Bonchev–Trinajstić information content (AvgIpc) is 2.31. The van der Waals surface area contributed by atoms with Crippen LogP contribution in [0.1, 0.15) is 58.8 Å². The Labute approximate surface area is 112 Å². The third-order valence-corrected chi connectivity index (χ3v) is 6.03. The van der Waals surface area contributed by atoms with Crippen LogP contribution in [0.2, 0.25) is 0 Å². The maximum Gasteiger partial charge on any atom is 0.0244 e. The fourth-order valence-corrected chi connectivity index (χ4v) is 5.52. The van der Waals surface area contributed by atoms with Crippen molar-refractivity contribution in [2.24, 2.45) is 41.4 Å². The molecule has 0 aromatic carbocycles. The highest BCUT2D eigenvalue weighted by molar-refractivity contribution is 5.01. The lowest BCUT2D eigenvalue weighted by Crippen LogP contribution is -2.54. The van der Waals surface area contributed by atoms with Gasteiger partial charge in [-0.3, -0.25) is 11.3 Å². The third kappa shape index (κ3) is 2.34. The number of rotatable bonds is 5. The molecule has 1 atom stereocenters. The maximum absolute atomic E-state index is 5.89. The minimum absolute atomic E-state index is 0.586. The lowest BCUT2D eigenvalue weighted by atomic mass is 9.50. The van der Waals surface area contributed by atoms with Crippen molar-refractivity contribution in [2.75, 3.05) is 0 Å². The Morgan fingerprint density at radius 3 is 1.94 bits per heavy atom. The molecule has 2 nitrogen and oxygen atoms in total. The van der Waals surface area contributed by atoms with Gasteiger partial charge in [-0.1, -0.05) is 13.8 Å². The van der Waals surface area contributed by atoms with Crippen molar-refractivity contribution in [1.82, 2.24) is 5.43 Å². The first kappa shape index (κ1) is 12.9. The van der Waals surface area contributed by atoms with Crippen molar-refractivity contribution in [3.05, 3.63) is 0 Å². The molecule has 0 aromatic heterocycles. The molecular formula is C16H30N2. The van der Waals surface area contributed by atoms with E-state index in [1.54, 1.807) is 6.42 Å². The van der Waals surface area contributed by atoms with E-state index in [1.807, 2.05) is 0 Å². The van der Waals surface area contributed by atoms with Crippen molar-refractivity contribution < 1.29 is 0 Å². The molecule has 4 rings (SSSR count). The van der Waals surface area contributed by atoms with Crippen LogP contribution in [0.25, 0.3) is 0 Å². The van der Waals surface area contributed by atoms with E-state index in [-0.39, 0.29) is 0 Å². The molecule has 0 saturated heterocycles. The summed E-state index contributed by atoms with van der Waals surface area (Å²) in [4.78, 5) is 0. The van der Waals surface area contributed by atoms with Crippen LogP contribution in [-0.4, -0.2) is 6.04 Å². The van der Waals surface area contributed by atoms with E-state index in [1.165, 1.54) is 38.5 Å². The third-order valence-electron chi connectivity index (χ3n) is 6.03. The lowest BCUT2D eigenvalue weighted by Gasteiger charge is -2.56. The minimum Gasteiger partial charge on any atom is -0.271 e. The van der Waals surface area contributed by atoms with Gasteiger partial charge in [-0.25, -0.2) is 0 Å². The average molecular weight is 250 g/mol. The summed E-state index contributed by atoms with van der Waals surface area (Å²) in [7, 11) is 0. The summed E-state index contributed by atoms with van der Waals surface area (Å²) in [6, 6.07) is 0.586. The summed E-state index contributed by atoms with van der Waals surface area (Å²) in [5, 5.41) is 0. The Hall–Kier alpha value is -0.0800. The molecule has 0 aliphatic heterocycles. The zero-order valence-corrected chi connectivity index (χ0v) is 12.1. The van der Waals surface area contributed by atoms with E-state index >= 15 is 0 Å². The normalized spacial score (nSPS) is 43.7. The molecule has 18 heavy (non-hydrogen) atoms.